The van der Waals surface area contributed by atoms with Crippen LogP contribution < -0.4 is 10.2 Å². The van der Waals surface area contributed by atoms with Gasteiger partial charge in [0.1, 0.15) is 11.9 Å². The second kappa shape index (κ2) is 4.95. The van der Waals surface area contributed by atoms with Gasteiger partial charge in [-0.1, -0.05) is 0 Å². The molecule has 1 aliphatic rings. The zero-order chi connectivity index (χ0) is 11.4. The van der Waals surface area contributed by atoms with E-state index < -0.39 is 0 Å². The highest BCUT2D eigenvalue weighted by Gasteiger charge is 2.26. The van der Waals surface area contributed by atoms with E-state index in [0.29, 0.717) is 11.6 Å². The topological polar surface area (TPSA) is 52.0 Å². The lowest BCUT2D eigenvalue weighted by Gasteiger charge is -2.26. The maximum absolute atomic E-state index is 9.06. The van der Waals surface area contributed by atoms with E-state index in [9.17, 15) is 0 Å². The summed E-state index contributed by atoms with van der Waals surface area (Å²) in [5.41, 5.74) is 0.672. The summed E-state index contributed by atoms with van der Waals surface area (Å²) in [5.74, 6) is 0.836. The molecule has 1 saturated heterocycles. The number of hydrogen-bond donors (Lipinski definition) is 1. The summed E-state index contributed by atoms with van der Waals surface area (Å²) >= 11 is 0. The number of rotatable bonds is 3. The molecule has 1 fully saturated rings. The molecule has 0 radical (unpaired) electrons. The third kappa shape index (κ3) is 2.00. The van der Waals surface area contributed by atoms with Gasteiger partial charge < -0.3 is 10.2 Å². The van der Waals surface area contributed by atoms with Gasteiger partial charge in [-0.15, -0.1) is 0 Å². The minimum absolute atomic E-state index is 0.465. The Hall–Kier alpha value is -1.60. The van der Waals surface area contributed by atoms with Gasteiger partial charge >= 0.3 is 0 Å². The Bertz CT molecular complexity index is 396. The van der Waals surface area contributed by atoms with E-state index in [1.807, 2.05) is 19.2 Å². The first-order chi connectivity index (χ1) is 7.86. The predicted molar refractivity (Wildman–Crippen MR) is 63.2 cm³/mol. The van der Waals surface area contributed by atoms with E-state index >= 15 is 0 Å². The first-order valence-electron chi connectivity index (χ1n) is 5.63. The lowest BCUT2D eigenvalue weighted by molar-refractivity contribution is 0.611. The van der Waals surface area contributed by atoms with Crippen LogP contribution in [0.2, 0.25) is 0 Å². The molecule has 1 aromatic rings. The second-order valence-electron chi connectivity index (χ2n) is 4.03. The lowest BCUT2D eigenvalue weighted by Crippen LogP contribution is -2.37. The summed E-state index contributed by atoms with van der Waals surface area (Å²) in [6, 6.07) is 6.32. The van der Waals surface area contributed by atoms with Gasteiger partial charge in [0.15, 0.2) is 0 Å². The predicted octanol–water partition coefficient (Wildman–Crippen LogP) is 1.14. The molecule has 0 amide bonds. The van der Waals surface area contributed by atoms with Crippen LogP contribution >= 0.6 is 0 Å². The van der Waals surface area contributed by atoms with Crippen molar-refractivity contribution in [2.75, 3.05) is 25.0 Å². The third-order valence-corrected chi connectivity index (χ3v) is 3.00. The number of aromatic nitrogens is 1. The molecule has 0 aliphatic carbocycles. The fraction of sp³-hybridized carbons (Fsp3) is 0.500. The number of anilines is 1. The SMILES string of the molecule is CNCC1CCCN1c1ncccc1C#N. The maximum Gasteiger partial charge on any atom is 0.146 e. The molecule has 4 nitrogen and oxygen atoms in total. The van der Waals surface area contributed by atoms with Crippen LogP contribution in [0.1, 0.15) is 18.4 Å². The Labute approximate surface area is 95.9 Å². The molecule has 1 atom stereocenters. The fourth-order valence-electron chi connectivity index (χ4n) is 2.28. The Morgan fingerprint density at radius 3 is 3.31 bits per heavy atom. The van der Waals surface area contributed by atoms with Crippen LogP contribution in [-0.2, 0) is 0 Å². The van der Waals surface area contributed by atoms with E-state index in [-0.39, 0.29) is 0 Å². The number of pyridine rings is 1. The highest BCUT2D eigenvalue weighted by atomic mass is 15.2. The molecule has 2 rings (SSSR count). The van der Waals surface area contributed by atoms with E-state index in [2.05, 4.69) is 21.3 Å². The number of hydrogen-bond acceptors (Lipinski definition) is 4. The average Bonchev–Trinajstić information content (AvgIpc) is 2.77. The molecule has 0 aromatic carbocycles. The average molecular weight is 216 g/mol. The summed E-state index contributed by atoms with van der Waals surface area (Å²) in [6.45, 7) is 1.94. The molecule has 16 heavy (non-hydrogen) atoms. The number of likely N-dealkylation sites (N-methyl/N-ethyl adjacent to an activating group) is 1. The minimum Gasteiger partial charge on any atom is -0.351 e. The largest absolute Gasteiger partial charge is 0.351 e. The summed E-state index contributed by atoms with van der Waals surface area (Å²) in [4.78, 5) is 6.58. The number of nitrogens with one attached hydrogen (secondary N) is 1. The standard InChI is InChI=1S/C12H16N4/c1-14-9-11-5-3-7-16(11)12-10(8-13)4-2-6-15-12/h2,4,6,11,14H,3,5,7,9H2,1H3. The smallest absolute Gasteiger partial charge is 0.146 e. The summed E-state index contributed by atoms with van der Waals surface area (Å²) < 4.78 is 0. The second-order valence-corrected chi connectivity index (χ2v) is 4.03. The minimum atomic E-state index is 0.465. The Kier molecular flexibility index (Phi) is 3.37. The summed E-state index contributed by atoms with van der Waals surface area (Å²) in [7, 11) is 1.96. The van der Waals surface area contributed by atoms with Crippen LogP contribution in [0.25, 0.3) is 0 Å². The van der Waals surface area contributed by atoms with Gasteiger partial charge in [0.25, 0.3) is 0 Å². The summed E-state index contributed by atoms with van der Waals surface area (Å²) in [6.07, 6.45) is 4.10. The molecule has 0 saturated carbocycles. The molecular formula is C12H16N4. The Balaban J connectivity index is 2.26. The van der Waals surface area contributed by atoms with Crippen LogP contribution in [0.15, 0.2) is 18.3 Å². The lowest BCUT2D eigenvalue weighted by atomic mass is 10.2. The molecular weight excluding hydrogens is 200 g/mol. The van der Waals surface area contributed by atoms with Crippen molar-refractivity contribution in [2.24, 2.45) is 0 Å². The molecule has 0 bridgehead atoms. The van der Waals surface area contributed by atoms with Gasteiger partial charge in [-0.3, -0.25) is 0 Å². The van der Waals surface area contributed by atoms with Crippen LogP contribution in [0, 0.1) is 11.3 Å². The first kappa shape index (κ1) is 10.9. The normalized spacial score (nSPS) is 19.8. The van der Waals surface area contributed by atoms with Gasteiger partial charge in [0, 0.05) is 25.3 Å². The Morgan fingerprint density at radius 1 is 1.69 bits per heavy atom. The van der Waals surface area contributed by atoms with Crippen molar-refractivity contribution in [3.63, 3.8) is 0 Å². The molecule has 2 heterocycles. The maximum atomic E-state index is 9.06. The van der Waals surface area contributed by atoms with E-state index in [1.54, 1.807) is 6.20 Å². The highest BCUT2D eigenvalue weighted by molar-refractivity contribution is 5.54. The van der Waals surface area contributed by atoms with Crippen molar-refractivity contribution < 1.29 is 0 Å². The van der Waals surface area contributed by atoms with E-state index in [4.69, 9.17) is 5.26 Å². The van der Waals surface area contributed by atoms with Crippen LogP contribution in [0.4, 0.5) is 5.82 Å². The molecule has 1 unspecified atom stereocenters. The van der Waals surface area contributed by atoms with Gasteiger partial charge in [0.2, 0.25) is 0 Å². The molecule has 84 valence electrons. The Morgan fingerprint density at radius 2 is 2.56 bits per heavy atom. The van der Waals surface area contributed by atoms with Crippen molar-refractivity contribution >= 4 is 5.82 Å². The van der Waals surface area contributed by atoms with Crippen molar-refractivity contribution in [3.05, 3.63) is 23.9 Å². The monoisotopic (exact) mass is 216 g/mol. The molecule has 1 aromatic heterocycles. The third-order valence-electron chi connectivity index (χ3n) is 3.00. The van der Waals surface area contributed by atoms with Crippen LogP contribution in [0.5, 0.6) is 0 Å². The van der Waals surface area contributed by atoms with Gasteiger partial charge in [-0.2, -0.15) is 5.26 Å². The van der Waals surface area contributed by atoms with Crippen LogP contribution in [-0.4, -0.2) is 31.2 Å². The van der Waals surface area contributed by atoms with Crippen molar-refractivity contribution in [2.45, 2.75) is 18.9 Å². The quantitative estimate of drug-likeness (QED) is 0.823. The van der Waals surface area contributed by atoms with E-state index in [0.717, 1.165) is 18.9 Å². The van der Waals surface area contributed by atoms with Crippen molar-refractivity contribution in [3.8, 4) is 6.07 Å². The first-order valence-corrected chi connectivity index (χ1v) is 5.63. The zero-order valence-electron chi connectivity index (χ0n) is 9.48. The number of nitrogens with zero attached hydrogens (tertiary/aromatic N) is 3. The van der Waals surface area contributed by atoms with Gasteiger partial charge in [-0.25, -0.2) is 4.98 Å². The molecule has 1 N–H and O–H groups in total. The van der Waals surface area contributed by atoms with Gasteiger partial charge in [-0.05, 0) is 32.0 Å². The van der Waals surface area contributed by atoms with Crippen molar-refractivity contribution in [1.82, 2.24) is 10.3 Å². The van der Waals surface area contributed by atoms with Crippen LogP contribution in [0.3, 0.4) is 0 Å². The number of nitriles is 1. The van der Waals surface area contributed by atoms with Crippen molar-refractivity contribution in [1.29, 1.82) is 5.26 Å². The zero-order valence-corrected chi connectivity index (χ0v) is 9.48. The molecule has 0 spiro atoms. The van der Waals surface area contributed by atoms with Gasteiger partial charge in [0.05, 0.1) is 5.56 Å². The van der Waals surface area contributed by atoms with E-state index in [1.165, 1.54) is 12.8 Å². The highest BCUT2D eigenvalue weighted by Crippen LogP contribution is 2.25. The molecule has 1 aliphatic heterocycles. The fourth-order valence-corrected chi connectivity index (χ4v) is 2.28. The molecule has 4 heteroatoms. The summed E-state index contributed by atoms with van der Waals surface area (Å²) in [5, 5.41) is 12.3.